The second kappa shape index (κ2) is 16.2. The monoisotopic (exact) mass is 522 g/mol. The molecule has 0 radical (unpaired) electrons. The summed E-state index contributed by atoms with van der Waals surface area (Å²) in [4.78, 5) is 61.0. The Balaban J connectivity index is 2.94. The minimum Gasteiger partial charge on any atom is -0.480 e. The van der Waals surface area contributed by atoms with Gasteiger partial charge in [-0.05, 0) is 44.7 Å². The number of carbonyl (C=O) groups is 5. The molecule has 0 saturated carbocycles. The summed E-state index contributed by atoms with van der Waals surface area (Å²) >= 11 is 0. The van der Waals surface area contributed by atoms with E-state index in [0.29, 0.717) is 24.9 Å². The van der Waals surface area contributed by atoms with Crippen molar-refractivity contribution in [3.05, 3.63) is 35.9 Å². The molecular formula is C24H38N6O7. The average molecular weight is 523 g/mol. The second-order valence-electron chi connectivity index (χ2n) is 8.77. The third kappa shape index (κ3) is 11.8. The molecule has 0 saturated heterocycles. The lowest BCUT2D eigenvalue weighted by Gasteiger charge is -2.26. The van der Waals surface area contributed by atoms with Crippen LogP contribution in [0.25, 0.3) is 0 Å². The largest absolute Gasteiger partial charge is 0.480 e. The number of hydrogen-bond acceptors (Lipinski definition) is 8. The van der Waals surface area contributed by atoms with E-state index in [9.17, 15) is 34.2 Å². The van der Waals surface area contributed by atoms with E-state index in [-0.39, 0.29) is 25.7 Å². The molecule has 206 valence electrons. The Kier molecular flexibility index (Phi) is 13.8. The zero-order chi connectivity index (χ0) is 28.0. The van der Waals surface area contributed by atoms with E-state index in [4.69, 9.17) is 17.2 Å². The summed E-state index contributed by atoms with van der Waals surface area (Å²) in [5, 5.41) is 27.0. The number of aliphatic carboxylic acids is 1. The number of hydrogen-bond donors (Lipinski definition) is 8. The van der Waals surface area contributed by atoms with Crippen molar-refractivity contribution in [2.45, 2.75) is 75.7 Å². The molecule has 13 heteroatoms. The summed E-state index contributed by atoms with van der Waals surface area (Å²) in [6.45, 7) is 1.62. The highest BCUT2D eigenvalue weighted by Crippen LogP contribution is 2.07. The van der Waals surface area contributed by atoms with Crippen LogP contribution in [0.3, 0.4) is 0 Å². The van der Waals surface area contributed by atoms with Gasteiger partial charge in [0.1, 0.15) is 18.1 Å². The molecular weight excluding hydrogens is 484 g/mol. The topological polar surface area (TPSA) is 240 Å². The normalized spacial score (nSPS) is 14.9. The standard InChI is InChI=1S/C24H38N6O7/c1-14(31)20(23(35)29-18(24(36)37)13-15-7-3-2-4-8-15)30-22(34)17(9-5-6-12-25)28-21(33)16(26)10-11-19(27)32/h2-4,7-8,14,16-18,20,31H,5-6,9-13,25-26H2,1H3,(H2,27,32)(H,28,33)(H,29,35)(H,30,34)(H,36,37). The molecule has 0 aliphatic heterocycles. The Morgan fingerprint density at radius 1 is 0.892 bits per heavy atom. The van der Waals surface area contributed by atoms with Crippen LogP contribution in [0.1, 0.15) is 44.6 Å². The maximum atomic E-state index is 13.0. The van der Waals surface area contributed by atoms with Crippen molar-refractivity contribution in [3.8, 4) is 0 Å². The van der Waals surface area contributed by atoms with Crippen molar-refractivity contribution in [2.24, 2.45) is 17.2 Å². The van der Waals surface area contributed by atoms with Crippen LogP contribution >= 0.6 is 0 Å². The van der Waals surface area contributed by atoms with Crippen molar-refractivity contribution in [1.82, 2.24) is 16.0 Å². The van der Waals surface area contributed by atoms with Gasteiger partial charge in [-0.15, -0.1) is 0 Å². The van der Waals surface area contributed by atoms with E-state index in [0.717, 1.165) is 0 Å². The number of rotatable bonds is 17. The van der Waals surface area contributed by atoms with Gasteiger partial charge in [0, 0.05) is 12.8 Å². The predicted octanol–water partition coefficient (Wildman–Crippen LogP) is -2.13. The molecule has 0 spiro atoms. The number of primary amides is 1. The van der Waals surface area contributed by atoms with Crippen LogP contribution in [-0.4, -0.2) is 76.6 Å². The molecule has 5 atom stereocenters. The fourth-order valence-corrected chi connectivity index (χ4v) is 3.44. The van der Waals surface area contributed by atoms with Gasteiger partial charge in [-0.2, -0.15) is 0 Å². The zero-order valence-electron chi connectivity index (χ0n) is 20.9. The fourth-order valence-electron chi connectivity index (χ4n) is 3.44. The molecule has 0 aromatic heterocycles. The highest BCUT2D eigenvalue weighted by molar-refractivity contribution is 5.94. The Labute approximate surface area is 215 Å². The summed E-state index contributed by atoms with van der Waals surface area (Å²) in [6.07, 6.45) is -0.331. The fraction of sp³-hybridized carbons (Fsp3) is 0.542. The minimum absolute atomic E-state index is 0.0106. The van der Waals surface area contributed by atoms with Gasteiger partial charge < -0.3 is 43.4 Å². The van der Waals surface area contributed by atoms with Gasteiger partial charge in [0.15, 0.2) is 0 Å². The third-order valence-corrected chi connectivity index (χ3v) is 5.58. The maximum Gasteiger partial charge on any atom is 0.326 e. The van der Waals surface area contributed by atoms with Gasteiger partial charge >= 0.3 is 5.97 Å². The summed E-state index contributed by atoms with van der Waals surface area (Å²) in [5.74, 6) is -4.29. The summed E-state index contributed by atoms with van der Waals surface area (Å²) in [7, 11) is 0. The molecule has 13 nitrogen and oxygen atoms in total. The van der Waals surface area contributed by atoms with Gasteiger partial charge in [0.25, 0.3) is 0 Å². The van der Waals surface area contributed by atoms with Crippen molar-refractivity contribution in [3.63, 3.8) is 0 Å². The number of carboxylic acid groups (broad SMARTS) is 1. The minimum atomic E-state index is -1.50. The Morgan fingerprint density at radius 3 is 2.05 bits per heavy atom. The summed E-state index contributed by atoms with van der Waals surface area (Å²) < 4.78 is 0. The molecule has 1 rings (SSSR count). The van der Waals surface area contributed by atoms with Crippen molar-refractivity contribution >= 4 is 29.6 Å². The average Bonchev–Trinajstić information content (AvgIpc) is 2.84. The number of amides is 4. The van der Waals surface area contributed by atoms with E-state index in [1.54, 1.807) is 30.3 Å². The van der Waals surface area contributed by atoms with E-state index >= 15 is 0 Å². The van der Waals surface area contributed by atoms with Gasteiger partial charge in [-0.3, -0.25) is 19.2 Å². The molecule has 0 heterocycles. The van der Waals surface area contributed by atoms with Crippen LogP contribution in [0.2, 0.25) is 0 Å². The number of benzene rings is 1. The van der Waals surface area contributed by atoms with E-state index in [1.807, 2.05) is 0 Å². The summed E-state index contributed by atoms with van der Waals surface area (Å²) in [5.41, 5.74) is 17.0. The molecule has 4 amide bonds. The Bertz CT molecular complexity index is 912. The number of unbranched alkanes of at least 4 members (excludes halogenated alkanes) is 1. The van der Waals surface area contributed by atoms with Crippen LogP contribution in [0, 0.1) is 0 Å². The quantitative estimate of drug-likeness (QED) is 0.104. The van der Waals surface area contributed by atoms with Crippen LogP contribution < -0.4 is 33.2 Å². The first-order valence-electron chi connectivity index (χ1n) is 12.1. The SMILES string of the molecule is CC(O)C(NC(=O)C(CCCCN)NC(=O)C(N)CCC(N)=O)C(=O)NC(Cc1ccccc1)C(=O)O. The lowest BCUT2D eigenvalue weighted by Crippen LogP contribution is -2.60. The van der Waals surface area contributed by atoms with Crippen molar-refractivity contribution in [2.75, 3.05) is 6.54 Å². The van der Waals surface area contributed by atoms with Gasteiger partial charge in [-0.1, -0.05) is 30.3 Å². The van der Waals surface area contributed by atoms with Crippen LogP contribution in [-0.2, 0) is 30.4 Å². The first-order valence-corrected chi connectivity index (χ1v) is 12.1. The Morgan fingerprint density at radius 2 is 1.51 bits per heavy atom. The molecule has 0 bridgehead atoms. The molecule has 1 aromatic carbocycles. The summed E-state index contributed by atoms with van der Waals surface area (Å²) in [6, 6.07) is 3.62. The number of nitrogens with two attached hydrogens (primary N) is 3. The van der Waals surface area contributed by atoms with Gasteiger partial charge in [-0.25, -0.2) is 4.79 Å². The van der Waals surface area contributed by atoms with E-state index in [2.05, 4.69) is 16.0 Å². The van der Waals surface area contributed by atoms with Gasteiger partial charge in [0.05, 0.1) is 12.1 Å². The van der Waals surface area contributed by atoms with Gasteiger partial charge in [0.2, 0.25) is 23.6 Å². The molecule has 1 aromatic rings. The number of aliphatic hydroxyl groups excluding tert-OH is 1. The Hall–Kier alpha value is -3.55. The molecule has 5 unspecified atom stereocenters. The van der Waals surface area contributed by atoms with Crippen LogP contribution in [0.5, 0.6) is 0 Å². The maximum absolute atomic E-state index is 13.0. The second-order valence-corrected chi connectivity index (χ2v) is 8.77. The highest BCUT2D eigenvalue weighted by Gasteiger charge is 2.32. The smallest absolute Gasteiger partial charge is 0.326 e. The van der Waals surface area contributed by atoms with E-state index in [1.165, 1.54) is 6.92 Å². The molecule has 0 fully saturated rings. The van der Waals surface area contributed by atoms with E-state index < -0.39 is 59.9 Å². The number of nitrogens with one attached hydrogen (secondary N) is 3. The third-order valence-electron chi connectivity index (χ3n) is 5.58. The van der Waals surface area contributed by atoms with Crippen molar-refractivity contribution in [1.29, 1.82) is 0 Å². The first-order chi connectivity index (χ1) is 17.5. The predicted molar refractivity (Wildman–Crippen MR) is 135 cm³/mol. The lowest BCUT2D eigenvalue weighted by atomic mass is 10.0. The lowest BCUT2D eigenvalue weighted by molar-refractivity contribution is -0.143. The number of carboxylic acids is 1. The molecule has 11 N–H and O–H groups in total. The number of aliphatic hydroxyl groups is 1. The molecule has 0 aliphatic carbocycles. The van der Waals surface area contributed by atoms with Crippen molar-refractivity contribution < 1.29 is 34.2 Å². The first kappa shape index (κ1) is 31.5. The number of carbonyl (C=O) groups excluding carboxylic acids is 4. The molecule has 0 aliphatic rings. The molecule has 37 heavy (non-hydrogen) atoms. The highest BCUT2D eigenvalue weighted by atomic mass is 16.4. The zero-order valence-corrected chi connectivity index (χ0v) is 20.9. The van der Waals surface area contributed by atoms with Crippen LogP contribution in [0.4, 0.5) is 0 Å². The van der Waals surface area contributed by atoms with Crippen LogP contribution in [0.15, 0.2) is 30.3 Å².